The number of azo groups is 1. The Balaban J connectivity index is 2.23. The molecule has 0 aliphatic heterocycles. The Labute approximate surface area is 136 Å². The first-order valence-electron chi connectivity index (χ1n) is 6.56. The van der Waals surface area contributed by atoms with E-state index in [4.69, 9.17) is 16.7 Å². The van der Waals surface area contributed by atoms with E-state index in [2.05, 4.69) is 10.2 Å². The summed E-state index contributed by atoms with van der Waals surface area (Å²) in [7, 11) is 0. The Hall–Kier alpha value is -2.80. The summed E-state index contributed by atoms with van der Waals surface area (Å²) in [4.78, 5) is 21.3. The molecule has 0 aromatic heterocycles. The van der Waals surface area contributed by atoms with Crippen LogP contribution < -0.4 is 0 Å². The molecule has 1 atom stereocenters. The van der Waals surface area contributed by atoms with Crippen LogP contribution in [0.3, 0.4) is 0 Å². The molecule has 8 heteroatoms. The maximum atomic E-state index is 11.0. The molecule has 2 rings (SSSR count). The molecule has 0 aliphatic carbocycles. The van der Waals surface area contributed by atoms with Crippen LogP contribution >= 0.6 is 11.6 Å². The van der Waals surface area contributed by atoms with Gasteiger partial charge in [-0.15, -0.1) is 0 Å². The van der Waals surface area contributed by atoms with Gasteiger partial charge in [-0.25, -0.2) is 4.79 Å². The highest BCUT2D eigenvalue weighted by Gasteiger charge is 2.11. The van der Waals surface area contributed by atoms with Crippen molar-refractivity contribution in [2.24, 2.45) is 10.2 Å². The van der Waals surface area contributed by atoms with E-state index in [0.29, 0.717) is 11.3 Å². The lowest BCUT2D eigenvalue weighted by molar-refractivity contribution is -0.384. The zero-order valence-corrected chi connectivity index (χ0v) is 12.8. The lowest BCUT2D eigenvalue weighted by atomic mass is 10.1. The third kappa shape index (κ3) is 4.10. The molecule has 0 aliphatic rings. The first-order chi connectivity index (χ1) is 10.9. The number of benzene rings is 2. The normalized spacial score (nSPS) is 12.3. The van der Waals surface area contributed by atoms with E-state index in [-0.39, 0.29) is 16.3 Å². The molecule has 0 heterocycles. The van der Waals surface area contributed by atoms with Gasteiger partial charge < -0.3 is 5.11 Å². The Kier molecular flexibility index (Phi) is 5.02. The number of carboxylic acids is 1. The number of carboxylic acid groups (broad SMARTS) is 1. The van der Waals surface area contributed by atoms with E-state index >= 15 is 0 Å². The first-order valence-corrected chi connectivity index (χ1v) is 6.94. The number of halogens is 1. The maximum absolute atomic E-state index is 11.0. The minimum Gasteiger partial charge on any atom is -0.478 e. The highest BCUT2D eigenvalue weighted by molar-refractivity contribution is 6.33. The van der Waals surface area contributed by atoms with Crippen molar-refractivity contribution in [3.63, 3.8) is 0 Å². The number of hydrogen-bond donors (Lipinski definition) is 1. The molecular formula is C15H12ClN3O4. The van der Waals surface area contributed by atoms with Crippen molar-refractivity contribution in [3.05, 3.63) is 68.7 Å². The molecule has 1 N–H and O–H groups in total. The summed E-state index contributed by atoms with van der Waals surface area (Å²) in [5.74, 6) is -1.15. The molecule has 0 fully saturated rings. The van der Waals surface area contributed by atoms with E-state index in [1.165, 1.54) is 24.3 Å². The van der Waals surface area contributed by atoms with Crippen molar-refractivity contribution in [2.45, 2.75) is 13.0 Å². The maximum Gasteiger partial charge on any atom is 0.337 e. The minimum atomic E-state index is -1.15. The van der Waals surface area contributed by atoms with Crippen LogP contribution in [-0.2, 0) is 0 Å². The second-order valence-electron chi connectivity index (χ2n) is 4.71. The minimum absolute atomic E-state index is 0.0239. The highest BCUT2D eigenvalue weighted by atomic mass is 35.5. The van der Waals surface area contributed by atoms with Crippen LogP contribution in [-0.4, -0.2) is 16.0 Å². The molecule has 7 nitrogen and oxygen atoms in total. The Morgan fingerprint density at radius 1 is 1.30 bits per heavy atom. The van der Waals surface area contributed by atoms with Crippen molar-refractivity contribution in [1.82, 2.24) is 0 Å². The SMILES string of the molecule is CC(N=Nc1ccc(Cl)c(C(=O)O)c1)c1cccc([N+](=O)[O-])c1. The van der Waals surface area contributed by atoms with Gasteiger partial charge in [0.25, 0.3) is 5.69 Å². The summed E-state index contributed by atoms with van der Waals surface area (Å²) in [6.45, 7) is 1.73. The van der Waals surface area contributed by atoms with Gasteiger partial charge in [0.1, 0.15) is 0 Å². The topological polar surface area (TPSA) is 105 Å². The van der Waals surface area contributed by atoms with Gasteiger partial charge in [0.15, 0.2) is 0 Å². The average molecular weight is 334 g/mol. The number of nitro benzene ring substituents is 1. The molecule has 0 saturated carbocycles. The van der Waals surface area contributed by atoms with E-state index in [9.17, 15) is 14.9 Å². The Morgan fingerprint density at radius 2 is 2.04 bits per heavy atom. The fourth-order valence-electron chi connectivity index (χ4n) is 1.86. The van der Waals surface area contributed by atoms with Crippen molar-refractivity contribution in [3.8, 4) is 0 Å². The van der Waals surface area contributed by atoms with Gasteiger partial charge in [0, 0.05) is 12.1 Å². The lowest BCUT2D eigenvalue weighted by Crippen LogP contribution is -1.96. The number of non-ortho nitro benzene ring substituents is 1. The number of rotatable bonds is 5. The van der Waals surface area contributed by atoms with E-state index in [1.807, 2.05) is 0 Å². The van der Waals surface area contributed by atoms with Gasteiger partial charge in [0.2, 0.25) is 0 Å². The van der Waals surface area contributed by atoms with Gasteiger partial charge in [-0.05, 0) is 30.7 Å². The zero-order valence-electron chi connectivity index (χ0n) is 12.0. The zero-order chi connectivity index (χ0) is 17.0. The number of hydrogen-bond acceptors (Lipinski definition) is 5. The van der Waals surface area contributed by atoms with Crippen molar-refractivity contribution in [2.75, 3.05) is 0 Å². The molecule has 2 aromatic rings. The quantitative estimate of drug-likeness (QED) is 0.482. The van der Waals surface area contributed by atoms with Crippen LogP contribution in [0, 0.1) is 10.1 Å². The van der Waals surface area contributed by atoms with Crippen molar-refractivity contribution in [1.29, 1.82) is 0 Å². The fraction of sp³-hybridized carbons (Fsp3) is 0.133. The number of carbonyl (C=O) groups is 1. The van der Waals surface area contributed by atoms with Crippen molar-refractivity contribution >= 4 is 28.9 Å². The monoisotopic (exact) mass is 333 g/mol. The second-order valence-corrected chi connectivity index (χ2v) is 5.12. The van der Waals surface area contributed by atoms with Crippen LogP contribution in [0.4, 0.5) is 11.4 Å². The summed E-state index contributed by atoms with van der Waals surface area (Å²) >= 11 is 5.78. The molecule has 1 unspecified atom stereocenters. The summed E-state index contributed by atoms with van der Waals surface area (Å²) in [5, 5.41) is 27.9. The Morgan fingerprint density at radius 3 is 2.70 bits per heavy atom. The number of nitrogens with zero attached hydrogens (tertiary/aromatic N) is 3. The van der Waals surface area contributed by atoms with Gasteiger partial charge in [0.05, 0.1) is 27.2 Å². The predicted octanol–water partition coefficient (Wildman–Crippen LogP) is 4.79. The summed E-state index contributed by atoms with van der Waals surface area (Å²) in [5.41, 5.74) is 0.884. The molecular weight excluding hydrogens is 322 g/mol. The van der Waals surface area contributed by atoms with Crippen LogP contribution in [0.15, 0.2) is 52.7 Å². The first kappa shape index (κ1) is 16.6. The number of nitro groups is 1. The molecule has 23 heavy (non-hydrogen) atoms. The fourth-order valence-corrected chi connectivity index (χ4v) is 2.06. The third-order valence-corrected chi connectivity index (χ3v) is 3.42. The van der Waals surface area contributed by atoms with Gasteiger partial charge >= 0.3 is 5.97 Å². The molecule has 0 bridgehead atoms. The van der Waals surface area contributed by atoms with Gasteiger partial charge in [-0.3, -0.25) is 10.1 Å². The lowest BCUT2D eigenvalue weighted by Gasteiger charge is -2.05. The summed E-state index contributed by atoms with van der Waals surface area (Å²) in [6, 6.07) is 9.97. The van der Waals surface area contributed by atoms with Gasteiger partial charge in [-0.1, -0.05) is 23.7 Å². The largest absolute Gasteiger partial charge is 0.478 e. The third-order valence-electron chi connectivity index (χ3n) is 3.09. The predicted molar refractivity (Wildman–Crippen MR) is 84.4 cm³/mol. The molecule has 118 valence electrons. The highest BCUT2D eigenvalue weighted by Crippen LogP contribution is 2.26. The molecule has 0 radical (unpaired) electrons. The smallest absolute Gasteiger partial charge is 0.337 e. The molecule has 0 saturated heterocycles. The average Bonchev–Trinajstić information content (AvgIpc) is 2.53. The van der Waals surface area contributed by atoms with Gasteiger partial charge in [-0.2, -0.15) is 10.2 Å². The Bertz CT molecular complexity index is 792. The van der Waals surface area contributed by atoms with Crippen molar-refractivity contribution < 1.29 is 14.8 Å². The van der Waals surface area contributed by atoms with E-state index in [0.717, 1.165) is 0 Å². The molecule has 2 aromatic carbocycles. The van der Waals surface area contributed by atoms with Crippen LogP contribution in [0.25, 0.3) is 0 Å². The second kappa shape index (κ2) is 6.97. The van der Waals surface area contributed by atoms with E-state index < -0.39 is 16.9 Å². The standard InChI is InChI=1S/C15H12ClN3O4/c1-9(10-3-2-4-12(7-10)19(22)23)17-18-11-5-6-14(16)13(8-11)15(20)21/h2-9H,1H3,(H,20,21). The summed E-state index contributed by atoms with van der Waals surface area (Å²) < 4.78 is 0. The van der Waals surface area contributed by atoms with Crippen LogP contribution in [0.1, 0.15) is 28.9 Å². The van der Waals surface area contributed by atoms with E-state index in [1.54, 1.807) is 25.1 Å². The summed E-state index contributed by atoms with van der Waals surface area (Å²) in [6.07, 6.45) is 0. The van der Waals surface area contributed by atoms with Crippen LogP contribution in [0.2, 0.25) is 5.02 Å². The van der Waals surface area contributed by atoms with Crippen LogP contribution in [0.5, 0.6) is 0 Å². The molecule has 0 amide bonds. The molecule has 0 spiro atoms. The number of aromatic carboxylic acids is 1.